The summed E-state index contributed by atoms with van der Waals surface area (Å²) in [5.41, 5.74) is 0.430. The Balaban J connectivity index is 1.38. The van der Waals surface area contributed by atoms with E-state index in [1.165, 1.54) is 42.7 Å². The lowest BCUT2D eigenvalue weighted by molar-refractivity contribution is -0.0418. The Bertz CT molecular complexity index is 2220. The quantitative estimate of drug-likeness (QED) is 0.137. The van der Waals surface area contributed by atoms with Crippen molar-refractivity contribution in [3.8, 4) is 22.8 Å². The van der Waals surface area contributed by atoms with E-state index in [1.54, 1.807) is 69.3 Å². The molecule has 1 amide bonds. The second-order valence-corrected chi connectivity index (χ2v) is 16.2. The largest absolute Gasteiger partial charge is 0.497 e. The highest BCUT2D eigenvalue weighted by Gasteiger charge is 2.33. The fourth-order valence-corrected chi connectivity index (χ4v) is 7.77. The summed E-state index contributed by atoms with van der Waals surface area (Å²) in [6, 6.07) is 16.6. The number of carbonyl (C=O) groups excluding carboxylic acids is 1. The molecule has 3 heterocycles. The Morgan fingerprint density at radius 2 is 1.47 bits per heavy atom. The number of fused-ring (bicyclic) bond motifs is 1. The van der Waals surface area contributed by atoms with Crippen LogP contribution in [0, 0.1) is 24.4 Å². The molecule has 11 nitrogen and oxygen atoms in total. The van der Waals surface area contributed by atoms with E-state index in [9.17, 15) is 17.6 Å². The van der Waals surface area contributed by atoms with Gasteiger partial charge >= 0.3 is 6.09 Å². The Kier molecular flexibility index (Phi) is 11.5. The summed E-state index contributed by atoms with van der Waals surface area (Å²) in [6.07, 6.45) is -0.0489. The molecular weight excluding hydrogens is 738 g/mol. The summed E-state index contributed by atoms with van der Waals surface area (Å²) in [5.74, 6) is -1.79. The molecule has 1 atom stereocenters. The first kappa shape index (κ1) is 39.6. The molecule has 292 valence electrons. The first-order valence-electron chi connectivity index (χ1n) is 17.6. The van der Waals surface area contributed by atoms with Crippen LogP contribution < -0.4 is 9.47 Å². The van der Waals surface area contributed by atoms with Gasteiger partial charge in [0, 0.05) is 32.3 Å². The van der Waals surface area contributed by atoms with Crippen molar-refractivity contribution in [3.05, 3.63) is 113 Å². The average Bonchev–Trinajstić information content (AvgIpc) is 3.46. The van der Waals surface area contributed by atoms with Gasteiger partial charge in [0.15, 0.2) is 0 Å². The zero-order valence-electron chi connectivity index (χ0n) is 31.4. The number of hydrogen-bond acceptors (Lipinski definition) is 8. The van der Waals surface area contributed by atoms with Gasteiger partial charge in [0.25, 0.3) is 0 Å². The molecule has 1 fully saturated rings. The normalized spacial score (nSPS) is 15.1. The molecule has 1 aliphatic rings. The summed E-state index contributed by atoms with van der Waals surface area (Å²) in [7, 11) is -1.49. The molecule has 5 aromatic rings. The molecule has 0 bridgehead atoms. The van der Waals surface area contributed by atoms with E-state index < -0.39 is 55.7 Å². The molecule has 1 aliphatic heterocycles. The van der Waals surface area contributed by atoms with Gasteiger partial charge in [-0.25, -0.2) is 31.4 Å². The van der Waals surface area contributed by atoms with Crippen LogP contribution in [0.25, 0.3) is 16.9 Å². The van der Waals surface area contributed by atoms with E-state index in [2.05, 4.69) is 4.98 Å². The van der Waals surface area contributed by atoms with Crippen molar-refractivity contribution in [1.82, 2.24) is 18.6 Å². The van der Waals surface area contributed by atoms with Crippen LogP contribution >= 0.6 is 0 Å². The fraction of sp³-hybridized carbons (Fsp3) is 0.350. The molecule has 0 radical (unpaired) electrons. The summed E-state index contributed by atoms with van der Waals surface area (Å²) >= 11 is 0. The number of aryl methyl sites for hydroxylation is 1. The van der Waals surface area contributed by atoms with Crippen molar-refractivity contribution >= 4 is 21.8 Å². The third-order valence-corrected chi connectivity index (χ3v) is 10.9. The van der Waals surface area contributed by atoms with Crippen molar-refractivity contribution in [1.29, 1.82) is 0 Å². The second-order valence-electron chi connectivity index (χ2n) is 14.3. The van der Waals surface area contributed by atoms with Gasteiger partial charge in [0.1, 0.15) is 40.2 Å². The van der Waals surface area contributed by atoms with Crippen molar-refractivity contribution in [2.24, 2.45) is 0 Å². The summed E-state index contributed by atoms with van der Waals surface area (Å²) in [4.78, 5) is 18.3. The van der Waals surface area contributed by atoms with Crippen LogP contribution in [0.2, 0.25) is 0 Å². The monoisotopic (exact) mass is 780 g/mol. The Labute approximate surface area is 318 Å². The number of pyridine rings is 1. The molecule has 6 rings (SSSR count). The Hall–Kier alpha value is -5.12. The van der Waals surface area contributed by atoms with E-state index in [0.717, 1.165) is 16.4 Å². The Morgan fingerprint density at radius 3 is 2.00 bits per heavy atom. The first-order chi connectivity index (χ1) is 26.1. The highest BCUT2D eigenvalue weighted by Crippen LogP contribution is 2.35. The number of aromatic nitrogens is 2. The smallest absolute Gasteiger partial charge is 0.410 e. The summed E-state index contributed by atoms with van der Waals surface area (Å²) in [5, 5.41) is 0. The number of halogens is 3. The number of nitrogens with zero attached hydrogens (tertiary/aromatic N) is 4. The number of benzene rings is 3. The Morgan fingerprint density at radius 1 is 0.909 bits per heavy atom. The molecule has 3 aromatic carbocycles. The number of amides is 1. The van der Waals surface area contributed by atoms with Crippen molar-refractivity contribution in [2.45, 2.75) is 63.8 Å². The molecular formula is C40H43F3N4O7S. The molecule has 0 spiro atoms. The molecule has 0 unspecified atom stereocenters. The summed E-state index contributed by atoms with van der Waals surface area (Å²) in [6.45, 7) is 7.09. The minimum atomic E-state index is -4.52. The molecule has 55 heavy (non-hydrogen) atoms. The van der Waals surface area contributed by atoms with Crippen LogP contribution in [0.15, 0.2) is 77.8 Å². The number of sulfonamides is 1. The number of hydrogen-bond donors (Lipinski definition) is 0. The van der Waals surface area contributed by atoms with E-state index in [1.807, 2.05) is 0 Å². The fourth-order valence-electron chi connectivity index (χ4n) is 6.32. The van der Waals surface area contributed by atoms with Gasteiger partial charge in [-0.1, -0.05) is 24.3 Å². The standard InChI is InChI=1S/C40H43F3N4O7S/c1-25-17-36-44-38(35(47(36)24-34(25)43)18-30-23-45(15-16-53-30)39(48)54-40(2,3)4)37-32(41)19-31(20-33(37)42)55(49,50)46(21-26-7-11-28(51-5)12-8-26)22-27-9-13-29(52-6)14-10-27/h7-14,17,19-20,24,30H,15-16,18,21-23H2,1-6H3/t30-/m0/s1. The maximum Gasteiger partial charge on any atom is 0.410 e. The molecule has 15 heteroatoms. The van der Waals surface area contributed by atoms with Gasteiger partial charge in [-0.15, -0.1) is 0 Å². The van der Waals surface area contributed by atoms with Gasteiger partial charge in [0.05, 0.1) is 55.3 Å². The minimum Gasteiger partial charge on any atom is -0.497 e. The summed E-state index contributed by atoms with van der Waals surface area (Å²) < 4.78 is 101. The number of imidazole rings is 1. The first-order valence-corrected chi connectivity index (χ1v) is 19.0. The highest BCUT2D eigenvalue weighted by molar-refractivity contribution is 7.89. The van der Waals surface area contributed by atoms with Gasteiger partial charge < -0.3 is 28.2 Å². The third-order valence-electron chi connectivity index (χ3n) is 9.14. The topological polar surface area (TPSA) is 112 Å². The highest BCUT2D eigenvalue weighted by atomic mass is 32.2. The van der Waals surface area contributed by atoms with Crippen LogP contribution in [0.5, 0.6) is 11.5 Å². The number of morpholine rings is 1. The zero-order valence-corrected chi connectivity index (χ0v) is 32.3. The SMILES string of the molecule is COc1ccc(CN(Cc2ccc(OC)cc2)S(=O)(=O)c2cc(F)c(-c3nc4cc(C)c(F)cn4c3C[C@H]3CN(C(=O)OC(C)(C)C)CCO3)c(F)c2)cc1. The van der Waals surface area contributed by atoms with Crippen molar-refractivity contribution in [2.75, 3.05) is 33.9 Å². The van der Waals surface area contributed by atoms with Gasteiger partial charge in [-0.05, 0) is 86.8 Å². The maximum atomic E-state index is 16.4. The molecule has 1 saturated heterocycles. The van der Waals surface area contributed by atoms with Crippen LogP contribution in [0.1, 0.15) is 43.2 Å². The van der Waals surface area contributed by atoms with E-state index in [0.29, 0.717) is 22.6 Å². The zero-order chi connectivity index (χ0) is 39.7. The lowest BCUT2D eigenvalue weighted by Gasteiger charge is -2.34. The number of ether oxygens (including phenoxy) is 4. The lowest BCUT2D eigenvalue weighted by Crippen LogP contribution is -2.48. The second kappa shape index (κ2) is 15.9. The molecule has 0 N–H and O–H groups in total. The minimum absolute atomic E-state index is 0.0191. The number of carbonyl (C=O) groups is 1. The molecule has 0 aliphatic carbocycles. The molecule has 2 aromatic heterocycles. The van der Waals surface area contributed by atoms with Crippen LogP contribution in [0.3, 0.4) is 0 Å². The maximum absolute atomic E-state index is 16.4. The lowest BCUT2D eigenvalue weighted by atomic mass is 10.0. The van der Waals surface area contributed by atoms with Crippen LogP contribution in [-0.2, 0) is 39.0 Å². The van der Waals surface area contributed by atoms with E-state index in [-0.39, 0.29) is 61.8 Å². The van der Waals surface area contributed by atoms with Gasteiger partial charge in [-0.3, -0.25) is 0 Å². The van der Waals surface area contributed by atoms with Crippen LogP contribution in [-0.4, -0.2) is 78.7 Å². The van der Waals surface area contributed by atoms with Crippen molar-refractivity contribution in [3.63, 3.8) is 0 Å². The average molecular weight is 781 g/mol. The van der Waals surface area contributed by atoms with Gasteiger partial charge in [-0.2, -0.15) is 4.31 Å². The number of rotatable bonds is 11. The van der Waals surface area contributed by atoms with Crippen LogP contribution in [0.4, 0.5) is 18.0 Å². The predicted molar refractivity (Wildman–Crippen MR) is 199 cm³/mol. The van der Waals surface area contributed by atoms with E-state index in [4.69, 9.17) is 18.9 Å². The number of methoxy groups -OCH3 is 2. The molecule has 0 saturated carbocycles. The predicted octanol–water partition coefficient (Wildman–Crippen LogP) is 7.31. The van der Waals surface area contributed by atoms with E-state index >= 15 is 8.78 Å². The third kappa shape index (κ3) is 8.90. The van der Waals surface area contributed by atoms with Gasteiger partial charge in [0.2, 0.25) is 10.0 Å². The van der Waals surface area contributed by atoms with Crippen molar-refractivity contribution < 1.29 is 45.3 Å².